The highest BCUT2D eigenvalue weighted by molar-refractivity contribution is 5.79. The fourth-order valence-electron chi connectivity index (χ4n) is 3.58. The highest BCUT2D eigenvalue weighted by Crippen LogP contribution is 2.25. The first-order valence-corrected chi connectivity index (χ1v) is 9.61. The number of fused-ring (bicyclic) bond motifs is 1. The van der Waals surface area contributed by atoms with Crippen molar-refractivity contribution in [3.8, 4) is 0 Å². The Hall–Kier alpha value is -2.85. The van der Waals surface area contributed by atoms with Gasteiger partial charge in [-0.05, 0) is 26.3 Å². The van der Waals surface area contributed by atoms with Gasteiger partial charge < -0.3 is 25.0 Å². The van der Waals surface area contributed by atoms with Gasteiger partial charge in [0, 0.05) is 24.8 Å². The third-order valence-corrected chi connectivity index (χ3v) is 5.00. The van der Waals surface area contributed by atoms with Crippen molar-refractivity contribution in [2.45, 2.75) is 45.2 Å². The number of nitrogens with zero attached hydrogens (tertiary/aromatic N) is 6. The molecule has 1 aliphatic heterocycles. The molecule has 1 fully saturated rings. The number of aliphatic hydroxyl groups is 2. The lowest BCUT2D eigenvalue weighted by Gasteiger charge is -2.32. The number of halogens is 1. The number of anilines is 3. The maximum Gasteiger partial charge on any atom is 0.227 e. The molecule has 29 heavy (non-hydrogen) atoms. The second-order valence-electron chi connectivity index (χ2n) is 7.39. The maximum absolute atomic E-state index is 13.8. The van der Waals surface area contributed by atoms with Crippen molar-refractivity contribution in [1.29, 1.82) is 0 Å². The van der Waals surface area contributed by atoms with Gasteiger partial charge in [0.2, 0.25) is 5.95 Å². The van der Waals surface area contributed by atoms with Gasteiger partial charge in [0.25, 0.3) is 0 Å². The van der Waals surface area contributed by atoms with Crippen LogP contribution in [0, 0.1) is 0 Å². The van der Waals surface area contributed by atoms with Crippen LogP contribution in [0.15, 0.2) is 24.5 Å². The van der Waals surface area contributed by atoms with Crippen LogP contribution in [0.3, 0.4) is 0 Å². The van der Waals surface area contributed by atoms with Crippen molar-refractivity contribution in [2.24, 2.45) is 0 Å². The smallest absolute Gasteiger partial charge is 0.227 e. The van der Waals surface area contributed by atoms with E-state index < -0.39 is 12.3 Å². The lowest BCUT2D eigenvalue weighted by atomic mass is 10.1. The van der Waals surface area contributed by atoms with Gasteiger partial charge in [0.1, 0.15) is 35.8 Å². The molecule has 3 N–H and O–H groups in total. The van der Waals surface area contributed by atoms with Gasteiger partial charge in [-0.2, -0.15) is 4.98 Å². The number of imidazole rings is 1. The van der Waals surface area contributed by atoms with Crippen LogP contribution in [0.5, 0.6) is 0 Å². The summed E-state index contributed by atoms with van der Waals surface area (Å²) in [5, 5.41) is 22.3. The Morgan fingerprint density at radius 2 is 2.10 bits per heavy atom. The normalized spacial score (nSPS) is 19.9. The topological polar surface area (TPSA) is 112 Å². The number of alkyl halides is 1. The van der Waals surface area contributed by atoms with Crippen LogP contribution in [-0.4, -0.2) is 60.1 Å². The zero-order valence-corrected chi connectivity index (χ0v) is 16.3. The highest BCUT2D eigenvalue weighted by Gasteiger charge is 2.28. The van der Waals surface area contributed by atoms with Gasteiger partial charge in [-0.25, -0.2) is 19.3 Å². The van der Waals surface area contributed by atoms with Crippen LogP contribution in [0.4, 0.5) is 22.0 Å². The Bertz CT molecular complexity index is 1010. The van der Waals surface area contributed by atoms with E-state index in [1.807, 2.05) is 24.5 Å². The first-order chi connectivity index (χ1) is 14.0. The minimum Gasteiger partial charge on any atom is -0.390 e. The van der Waals surface area contributed by atoms with E-state index in [1.54, 1.807) is 23.4 Å². The van der Waals surface area contributed by atoms with E-state index in [1.165, 1.54) is 0 Å². The number of piperidine rings is 1. The predicted molar refractivity (Wildman–Crippen MR) is 107 cm³/mol. The molecule has 2 unspecified atom stereocenters. The molecule has 3 aromatic heterocycles. The van der Waals surface area contributed by atoms with E-state index in [4.69, 9.17) is 0 Å². The average molecular weight is 401 g/mol. The standard InChI is InChI=1S/C19H24FN7O2/c1-11(2)27-14-7-17(22-8-13(14)23-18(27)10-28)24-16-3-5-21-19(25-16)26-6-4-15(29)12(20)9-26/h3,5,7-8,11-12,15,28-29H,4,6,9-10H2,1-2H3,(H,21,22,24,25). The second-order valence-corrected chi connectivity index (χ2v) is 7.39. The van der Waals surface area contributed by atoms with Crippen molar-refractivity contribution >= 4 is 28.6 Å². The Morgan fingerprint density at radius 1 is 1.28 bits per heavy atom. The van der Waals surface area contributed by atoms with Crippen LogP contribution >= 0.6 is 0 Å². The Labute approximate surface area is 167 Å². The summed E-state index contributed by atoms with van der Waals surface area (Å²) in [5.74, 6) is 2.10. The molecule has 2 atom stereocenters. The van der Waals surface area contributed by atoms with Gasteiger partial charge in [-0.3, -0.25) is 0 Å². The number of hydrogen-bond donors (Lipinski definition) is 3. The van der Waals surface area contributed by atoms with E-state index >= 15 is 0 Å². The fourth-order valence-corrected chi connectivity index (χ4v) is 3.58. The average Bonchev–Trinajstić information content (AvgIpc) is 3.08. The van der Waals surface area contributed by atoms with Crippen LogP contribution in [-0.2, 0) is 6.61 Å². The molecule has 0 spiro atoms. The molecule has 10 heteroatoms. The van der Waals surface area contributed by atoms with Crippen LogP contribution in [0.2, 0.25) is 0 Å². The van der Waals surface area contributed by atoms with Crippen LogP contribution in [0.25, 0.3) is 11.0 Å². The number of nitrogens with one attached hydrogen (secondary N) is 1. The molecule has 4 rings (SSSR count). The third kappa shape index (κ3) is 3.85. The largest absolute Gasteiger partial charge is 0.390 e. The molecule has 1 aliphatic rings. The lowest BCUT2D eigenvalue weighted by molar-refractivity contribution is 0.0612. The summed E-state index contributed by atoms with van der Waals surface area (Å²) in [6.07, 6.45) is 1.34. The number of hydrogen-bond acceptors (Lipinski definition) is 8. The fraction of sp³-hybridized carbons (Fsp3) is 0.474. The van der Waals surface area contributed by atoms with Crippen molar-refractivity contribution in [3.05, 3.63) is 30.4 Å². The van der Waals surface area contributed by atoms with E-state index in [9.17, 15) is 14.6 Å². The van der Waals surface area contributed by atoms with E-state index in [0.29, 0.717) is 41.9 Å². The molecule has 0 saturated carbocycles. The predicted octanol–water partition coefficient (Wildman–Crippen LogP) is 1.95. The maximum atomic E-state index is 13.8. The lowest BCUT2D eigenvalue weighted by Crippen LogP contribution is -2.45. The van der Waals surface area contributed by atoms with Gasteiger partial charge in [0.05, 0.1) is 24.4 Å². The Balaban J connectivity index is 1.59. The zero-order valence-electron chi connectivity index (χ0n) is 16.3. The summed E-state index contributed by atoms with van der Waals surface area (Å²) < 4.78 is 15.8. The van der Waals surface area contributed by atoms with Crippen molar-refractivity contribution < 1.29 is 14.6 Å². The Kier molecular flexibility index (Phi) is 5.29. The van der Waals surface area contributed by atoms with Gasteiger partial charge in [-0.15, -0.1) is 0 Å². The van der Waals surface area contributed by atoms with Crippen molar-refractivity contribution in [2.75, 3.05) is 23.3 Å². The SMILES string of the molecule is CC(C)n1c(CO)nc2cnc(Nc3ccnc(N4CCC(O)C(F)C4)n3)cc21. The van der Waals surface area contributed by atoms with Crippen LogP contribution < -0.4 is 10.2 Å². The minimum atomic E-state index is -1.31. The molecule has 4 heterocycles. The summed E-state index contributed by atoms with van der Waals surface area (Å²) in [5.41, 5.74) is 1.57. The first-order valence-electron chi connectivity index (χ1n) is 9.61. The van der Waals surface area contributed by atoms with Gasteiger partial charge in [-0.1, -0.05) is 0 Å². The highest BCUT2D eigenvalue weighted by atomic mass is 19.1. The number of rotatable bonds is 5. The molecule has 0 amide bonds. The van der Waals surface area contributed by atoms with Gasteiger partial charge >= 0.3 is 0 Å². The first kappa shape index (κ1) is 19.5. The number of aromatic nitrogens is 5. The molecule has 1 saturated heterocycles. The molecule has 0 aliphatic carbocycles. The van der Waals surface area contributed by atoms with Crippen LogP contribution in [0.1, 0.15) is 32.1 Å². The quantitative estimate of drug-likeness (QED) is 0.595. The molecular weight excluding hydrogens is 377 g/mol. The molecule has 0 radical (unpaired) electrons. The molecule has 9 nitrogen and oxygen atoms in total. The molecule has 154 valence electrons. The summed E-state index contributed by atoms with van der Waals surface area (Å²) >= 11 is 0. The summed E-state index contributed by atoms with van der Waals surface area (Å²) in [4.78, 5) is 19.2. The summed E-state index contributed by atoms with van der Waals surface area (Å²) in [6.45, 7) is 4.46. The van der Waals surface area contributed by atoms with Gasteiger partial charge in [0.15, 0.2) is 0 Å². The van der Waals surface area contributed by atoms with Crippen molar-refractivity contribution in [1.82, 2.24) is 24.5 Å². The second kappa shape index (κ2) is 7.88. The summed E-state index contributed by atoms with van der Waals surface area (Å²) in [7, 11) is 0. The monoisotopic (exact) mass is 401 g/mol. The van der Waals surface area contributed by atoms with Crippen molar-refractivity contribution in [3.63, 3.8) is 0 Å². The molecule has 0 aromatic carbocycles. The van der Waals surface area contributed by atoms with E-state index in [2.05, 4.69) is 25.3 Å². The minimum absolute atomic E-state index is 0.0618. The summed E-state index contributed by atoms with van der Waals surface area (Å²) in [6, 6.07) is 3.70. The Morgan fingerprint density at radius 3 is 2.83 bits per heavy atom. The zero-order chi connectivity index (χ0) is 20.5. The van der Waals surface area contributed by atoms with E-state index in [0.717, 1.165) is 5.52 Å². The molecular formula is C19H24FN7O2. The number of pyridine rings is 1. The number of aliphatic hydroxyl groups excluding tert-OH is 2. The molecule has 0 bridgehead atoms. The third-order valence-electron chi connectivity index (χ3n) is 5.00. The van der Waals surface area contributed by atoms with E-state index in [-0.39, 0.29) is 19.2 Å². The molecule has 3 aromatic rings.